The first-order chi connectivity index (χ1) is 8.28. The molecule has 0 saturated heterocycles. The van der Waals surface area contributed by atoms with Crippen LogP contribution in [-0.4, -0.2) is 37.3 Å². The van der Waals surface area contributed by atoms with E-state index in [1.165, 1.54) is 0 Å². The van der Waals surface area contributed by atoms with Crippen molar-refractivity contribution in [3.63, 3.8) is 0 Å². The fourth-order valence-electron chi connectivity index (χ4n) is 1.48. The first-order valence-corrected chi connectivity index (χ1v) is 5.33. The Bertz CT molecular complexity index is 428. The average Bonchev–Trinajstić information content (AvgIpc) is 2.82. The van der Waals surface area contributed by atoms with Gasteiger partial charge >= 0.3 is 6.03 Å². The summed E-state index contributed by atoms with van der Waals surface area (Å²) < 4.78 is 6.73. The van der Waals surface area contributed by atoms with Gasteiger partial charge < -0.3 is 10.1 Å². The highest BCUT2D eigenvalue weighted by molar-refractivity contribution is 5.88. The van der Waals surface area contributed by atoms with Gasteiger partial charge in [-0.2, -0.15) is 10.1 Å². The van der Waals surface area contributed by atoms with Crippen LogP contribution in [0.1, 0.15) is 0 Å². The summed E-state index contributed by atoms with van der Waals surface area (Å²) in [6.45, 7) is 1.60. The number of carbonyl (C=O) groups is 1. The summed E-state index contributed by atoms with van der Waals surface area (Å²) in [5, 5.41) is 5.72. The molecule has 1 aliphatic heterocycles. The number of nitrogens with one attached hydrogen (secondary N) is 3. The topological polar surface area (TPSA) is 65.4 Å². The van der Waals surface area contributed by atoms with Crippen LogP contribution in [0, 0.1) is 0 Å². The molecule has 6 nitrogen and oxygen atoms in total. The molecule has 1 aliphatic rings. The van der Waals surface area contributed by atoms with Crippen LogP contribution in [0.3, 0.4) is 0 Å². The lowest BCUT2D eigenvalue weighted by Crippen LogP contribution is -2.37. The lowest BCUT2D eigenvalue weighted by atomic mass is 10.3. The van der Waals surface area contributed by atoms with Gasteiger partial charge in [-0.25, -0.2) is 4.79 Å². The minimum absolute atomic E-state index is 0.268. The number of methoxy groups -OCH3 is 1. The molecular formula is C11H15N4O2+. The van der Waals surface area contributed by atoms with Crippen LogP contribution in [0.2, 0.25) is 0 Å². The number of hydrogen-bond acceptors (Lipinski definition) is 3. The number of amides is 2. The second kappa shape index (κ2) is 5.20. The zero-order chi connectivity index (χ0) is 12.1. The van der Waals surface area contributed by atoms with Crippen LogP contribution >= 0.6 is 0 Å². The van der Waals surface area contributed by atoms with E-state index in [0.29, 0.717) is 0 Å². The summed E-state index contributed by atoms with van der Waals surface area (Å²) in [5.41, 5.74) is 3.41. The van der Waals surface area contributed by atoms with Crippen LogP contribution in [0.15, 0.2) is 24.3 Å². The highest BCUT2D eigenvalue weighted by atomic mass is 16.5. The molecule has 6 heteroatoms. The van der Waals surface area contributed by atoms with Gasteiger partial charge in [0.25, 0.3) is 6.34 Å². The number of hydrazone groups is 1. The van der Waals surface area contributed by atoms with Crippen molar-refractivity contribution in [1.82, 2.24) is 10.7 Å². The van der Waals surface area contributed by atoms with E-state index < -0.39 is 0 Å². The second-order valence-corrected chi connectivity index (χ2v) is 3.57. The average molecular weight is 235 g/mol. The second-order valence-electron chi connectivity index (χ2n) is 3.57. The fraction of sp³-hybridized carbons (Fsp3) is 0.273. The zero-order valence-corrected chi connectivity index (χ0v) is 9.56. The molecule has 90 valence electrons. The number of rotatable bonds is 3. The van der Waals surface area contributed by atoms with Gasteiger partial charge in [-0.05, 0) is 24.3 Å². The third kappa shape index (κ3) is 3.10. The van der Waals surface area contributed by atoms with Gasteiger partial charge in [-0.15, -0.1) is 0 Å². The minimum Gasteiger partial charge on any atom is -0.497 e. The van der Waals surface area contributed by atoms with Crippen LogP contribution in [-0.2, 0) is 0 Å². The van der Waals surface area contributed by atoms with E-state index in [9.17, 15) is 4.79 Å². The van der Waals surface area contributed by atoms with Crippen molar-refractivity contribution in [2.24, 2.45) is 0 Å². The quantitative estimate of drug-likeness (QED) is 0.663. The maximum absolute atomic E-state index is 11.6. The zero-order valence-electron chi connectivity index (χ0n) is 9.56. The maximum Gasteiger partial charge on any atom is 0.354 e. The number of nitrogens with zero attached hydrogens (tertiary/aromatic N) is 1. The molecule has 1 aromatic carbocycles. The third-order valence-corrected chi connectivity index (χ3v) is 2.34. The molecule has 0 spiro atoms. The number of anilines is 1. The predicted molar refractivity (Wildman–Crippen MR) is 64.3 cm³/mol. The van der Waals surface area contributed by atoms with Gasteiger partial charge in [-0.3, -0.25) is 5.32 Å². The first kappa shape index (κ1) is 11.3. The van der Waals surface area contributed by atoms with E-state index in [2.05, 4.69) is 16.1 Å². The molecule has 2 amide bonds. The lowest BCUT2D eigenvalue weighted by Gasteiger charge is -2.06. The minimum atomic E-state index is -0.268. The van der Waals surface area contributed by atoms with Crippen molar-refractivity contribution < 1.29 is 14.2 Å². The fourth-order valence-corrected chi connectivity index (χ4v) is 1.48. The van der Waals surface area contributed by atoms with Gasteiger partial charge in [0, 0.05) is 5.69 Å². The van der Waals surface area contributed by atoms with Crippen LogP contribution in [0.5, 0.6) is 5.75 Å². The Morgan fingerprint density at radius 2 is 2.18 bits per heavy atom. The van der Waals surface area contributed by atoms with Gasteiger partial charge in [0.05, 0.1) is 7.11 Å². The molecule has 0 radical (unpaired) electrons. The Hall–Kier alpha value is -2.24. The first-order valence-electron chi connectivity index (χ1n) is 5.33. The molecule has 0 unspecified atom stereocenters. The van der Waals surface area contributed by atoms with Gasteiger partial charge in [0.2, 0.25) is 0 Å². The standard InChI is InChI=1S/C11H14N4O2/c1-17-10-4-2-9(3-5-10)13-11(16)14-15-7-6-12-8-15/h2-5,8H,6-7H2,1H3,(H2,13,14,16)/p+1. The van der Waals surface area contributed by atoms with Crippen LogP contribution in [0.25, 0.3) is 0 Å². The molecule has 0 saturated carbocycles. The molecule has 3 N–H and O–H groups in total. The smallest absolute Gasteiger partial charge is 0.354 e. The number of benzene rings is 1. The van der Waals surface area contributed by atoms with E-state index in [0.717, 1.165) is 24.5 Å². The highest BCUT2D eigenvalue weighted by Crippen LogP contribution is 2.14. The Morgan fingerprint density at radius 3 is 2.76 bits per heavy atom. The molecular weight excluding hydrogens is 220 g/mol. The van der Waals surface area contributed by atoms with E-state index >= 15 is 0 Å². The molecule has 1 heterocycles. The summed E-state index contributed by atoms with van der Waals surface area (Å²) in [6, 6.07) is 6.88. The number of hydrogen-bond donors (Lipinski definition) is 3. The summed E-state index contributed by atoms with van der Waals surface area (Å²) in [6.07, 6.45) is 1.73. The van der Waals surface area contributed by atoms with Crippen molar-refractivity contribution in [1.29, 1.82) is 0 Å². The van der Waals surface area contributed by atoms with Crippen LogP contribution < -0.4 is 20.8 Å². The SMILES string of the molecule is COc1ccc(NC(=O)N[N+]2=CNCC2)cc1. The van der Waals surface area contributed by atoms with E-state index in [1.807, 2.05) is 0 Å². The monoisotopic (exact) mass is 235 g/mol. The molecule has 0 bridgehead atoms. The molecule has 17 heavy (non-hydrogen) atoms. The largest absolute Gasteiger partial charge is 0.497 e. The predicted octanol–water partition coefficient (Wildman–Crippen LogP) is 0.376. The van der Waals surface area contributed by atoms with E-state index in [1.54, 1.807) is 42.4 Å². The van der Waals surface area contributed by atoms with Gasteiger partial charge in [0.15, 0.2) is 0 Å². The number of carbonyl (C=O) groups excluding carboxylic acids is 1. The third-order valence-electron chi connectivity index (χ3n) is 2.34. The summed E-state index contributed by atoms with van der Waals surface area (Å²) in [5.74, 6) is 0.757. The number of urea groups is 1. The molecule has 0 aromatic heterocycles. The normalized spacial score (nSPS) is 13.6. The van der Waals surface area contributed by atoms with E-state index in [4.69, 9.17) is 4.74 Å². The highest BCUT2D eigenvalue weighted by Gasteiger charge is 2.11. The van der Waals surface area contributed by atoms with Crippen molar-refractivity contribution in [2.75, 3.05) is 25.5 Å². The van der Waals surface area contributed by atoms with Gasteiger partial charge in [0.1, 0.15) is 18.8 Å². The lowest BCUT2D eigenvalue weighted by molar-refractivity contribution is -0.558. The molecule has 0 aliphatic carbocycles. The molecule has 1 aromatic rings. The number of hydrazine groups is 1. The van der Waals surface area contributed by atoms with Crippen molar-refractivity contribution in [3.8, 4) is 5.75 Å². The summed E-state index contributed by atoms with van der Waals surface area (Å²) in [4.78, 5) is 11.6. The maximum atomic E-state index is 11.6. The number of ether oxygens (including phenoxy) is 1. The van der Waals surface area contributed by atoms with Crippen molar-refractivity contribution >= 4 is 18.1 Å². The van der Waals surface area contributed by atoms with Crippen LogP contribution in [0.4, 0.5) is 10.5 Å². The van der Waals surface area contributed by atoms with Crippen molar-refractivity contribution in [3.05, 3.63) is 24.3 Å². The molecule has 0 fully saturated rings. The van der Waals surface area contributed by atoms with E-state index in [-0.39, 0.29) is 6.03 Å². The Balaban J connectivity index is 1.88. The summed E-state index contributed by atoms with van der Waals surface area (Å²) >= 11 is 0. The molecule has 0 atom stereocenters. The summed E-state index contributed by atoms with van der Waals surface area (Å²) in [7, 11) is 1.60. The van der Waals surface area contributed by atoms with Crippen molar-refractivity contribution in [2.45, 2.75) is 0 Å². The van der Waals surface area contributed by atoms with Gasteiger partial charge in [-0.1, -0.05) is 0 Å². The Labute approximate surface area is 99.3 Å². The Kier molecular flexibility index (Phi) is 3.44. The molecule has 2 rings (SSSR count). The Morgan fingerprint density at radius 1 is 1.41 bits per heavy atom.